The van der Waals surface area contributed by atoms with Crippen molar-refractivity contribution >= 4 is 46.6 Å². The van der Waals surface area contributed by atoms with Crippen LogP contribution in [-0.4, -0.2) is 14.8 Å². The topological polar surface area (TPSA) is 39.9 Å². The molecule has 1 heterocycles. The van der Waals surface area contributed by atoms with Gasteiger partial charge < -0.3 is 9.30 Å². The lowest BCUT2D eigenvalue weighted by atomic mass is 10.2. The molecule has 1 atom stereocenters. The number of aromatic nitrogens is 3. The molecule has 0 bridgehead atoms. The van der Waals surface area contributed by atoms with Gasteiger partial charge in [-0.3, -0.25) is 0 Å². The number of rotatable bonds is 6. The fraction of sp³-hybridized carbons (Fsp3) is 0.222. The molecule has 4 nitrogen and oxygen atoms in total. The maximum atomic E-state index is 13.2. The first-order chi connectivity index (χ1) is 12.8. The first-order valence-corrected chi connectivity index (χ1v) is 10.0. The highest BCUT2D eigenvalue weighted by Gasteiger charge is 2.18. The molecule has 0 saturated carbocycles. The highest BCUT2D eigenvalue weighted by Crippen LogP contribution is 2.31. The molecule has 1 aromatic heterocycles. The zero-order valence-electron chi connectivity index (χ0n) is 14.4. The van der Waals surface area contributed by atoms with Crippen molar-refractivity contribution in [3.8, 4) is 5.75 Å². The Kier molecular flexibility index (Phi) is 6.52. The lowest BCUT2D eigenvalue weighted by Crippen LogP contribution is -2.10. The maximum absolute atomic E-state index is 13.2. The number of halogens is 4. The van der Waals surface area contributed by atoms with Crippen molar-refractivity contribution in [1.29, 1.82) is 0 Å². The molecule has 0 fully saturated rings. The van der Waals surface area contributed by atoms with Crippen molar-refractivity contribution in [2.24, 2.45) is 7.05 Å². The first-order valence-electron chi connectivity index (χ1n) is 7.93. The van der Waals surface area contributed by atoms with Gasteiger partial charge >= 0.3 is 0 Å². The largest absolute Gasteiger partial charge is 0.481 e. The fourth-order valence-electron chi connectivity index (χ4n) is 2.40. The highest BCUT2D eigenvalue weighted by molar-refractivity contribution is 7.98. The van der Waals surface area contributed by atoms with E-state index in [0.29, 0.717) is 27.4 Å². The zero-order valence-corrected chi connectivity index (χ0v) is 17.5. The lowest BCUT2D eigenvalue weighted by Gasteiger charge is -2.15. The van der Waals surface area contributed by atoms with E-state index in [4.69, 9.17) is 39.5 Å². The molecule has 0 aliphatic carbocycles. The summed E-state index contributed by atoms with van der Waals surface area (Å²) < 4.78 is 20.8. The molecule has 3 rings (SSSR count). The third kappa shape index (κ3) is 4.88. The standard InChI is InChI=1S/C18H15Cl3FN3OS/c1-10(26-16-6-4-12(22)8-15(16)21)17-23-24-18(25(17)2)27-9-11-3-5-13(19)14(20)7-11/h3-8,10H,9H2,1-2H3. The van der Waals surface area contributed by atoms with Crippen LogP contribution in [0.5, 0.6) is 5.75 Å². The summed E-state index contributed by atoms with van der Waals surface area (Å²) in [5.41, 5.74) is 1.03. The van der Waals surface area contributed by atoms with Crippen molar-refractivity contribution in [3.05, 3.63) is 68.7 Å². The van der Waals surface area contributed by atoms with Gasteiger partial charge in [-0.1, -0.05) is 52.6 Å². The van der Waals surface area contributed by atoms with E-state index in [1.807, 2.05) is 30.7 Å². The minimum atomic E-state index is -0.417. The van der Waals surface area contributed by atoms with Crippen LogP contribution in [0.15, 0.2) is 41.6 Å². The Morgan fingerprint density at radius 1 is 1.07 bits per heavy atom. The van der Waals surface area contributed by atoms with Crippen LogP contribution in [0.25, 0.3) is 0 Å². The maximum Gasteiger partial charge on any atom is 0.191 e. The molecule has 142 valence electrons. The first kappa shape index (κ1) is 20.3. The van der Waals surface area contributed by atoms with Gasteiger partial charge in [0.05, 0.1) is 15.1 Å². The van der Waals surface area contributed by atoms with Crippen LogP contribution in [0.4, 0.5) is 4.39 Å². The second kappa shape index (κ2) is 8.69. The van der Waals surface area contributed by atoms with Crippen LogP contribution in [0.1, 0.15) is 24.4 Å². The Labute approximate surface area is 175 Å². The number of ether oxygens (including phenoxy) is 1. The quantitative estimate of drug-likeness (QED) is 0.414. The minimum Gasteiger partial charge on any atom is -0.481 e. The van der Waals surface area contributed by atoms with Gasteiger partial charge in [-0.05, 0) is 42.8 Å². The van der Waals surface area contributed by atoms with Crippen molar-refractivity contribution < 1.29 is 9.13 Å². The molecule has 0 aliphatic rings. The van der Waals surface area contributed by atoms with E-state index < -0.39 is 11.9 Å². The van der Waals surface area contributed by atoms with Gasteiger partial charge in [0.2, 0.25) is 0 Å². The van der Waals surface area contributed by atoms with Crippen LogP contribution < -0.4 is 4.74 Å². The molecule has 3 aromatic rings. The van der Waals surface area contributed by atoms with Gasteiger partial charge in [0, 0.05) is 12.8 Å². The van der Waals surface area contributed by atoms with E-state index in [0.717, 1.165) is 10.7 Å². The van der Waals surface area contributed by atoms with E-state index in [9.17, 15) is 4.39 Å². The number of benzene rings is 2. The van der Waals surface area contributed by atoms with Crippen molar-refractivity contribution in [2.45, 2.75) is 23.9 Å². The third-order valence-corrected chi connectivity index (χ3v) is 5.91. The minimum absolute atomic E-state index is 0.207. The van der Waals surface area contributed by atoms with Crippen LogP contribution in [-0.2, 0) is 12.8 Å². The van der Waals surface area contributed by atoms with E-state index in [2.05, 4.69) is 10.2 Å². The molecule has 27 heavy (non-hydrogen) atoms. The van der Waals surface area contributed by atoms with Gasteiger partial charge in [0.25, 0.3) is 0 Å². The van der Waals surface area contributed by atoms with Gasteiger partial charge in [-0.25, -0.2) is 4.39 Å². The summed E-state index contributed by atoms with van der Waals surface area (Å²) in [5, 5.41) is 10.4. The molecular formula is C18H15Cl3FN3OS. The second-order valence-electron chi connectivity index (χ2n) is 5.77. The zero-order chi connectivity index (χ0) is 19.6. The number of hydrogen-bond donors (Lipinski definition) is 0. The normalized spacial score (nSPS) is 12.2. The van der Waals surface area contributed by atoms with Crippen LogP contribution in [0.3, 0.4) is 0 Å². The summed E-state index contributed by atoms with van der Waals surface area (Å²) in [6.45, 7) is 1.83. The molecule has 0 N–H and O–H groups in total. The Morgan fingerprint density at radius 3 is 2.56 bits per heavy atom. The number of hydrogen-bond acceptors (Lipinski definition) is 4. The number of thioether (sulfide) groups is 1. The average molecular weight is 447 g/mol. The van der Waals surface area contributed by atoms with Gasteiger partial charge in [0.1, 0.15) is 11.6 Å². The summed E-state index contributed by atoms with van der Waals surface area (Å²) in [7, 11) is 1.86. The van der Waals surface area contributed by atoms with Crippen LogP contribution >= 0.6 is 46.6 Å². The fourth-order valence-corrected chi connectivity index (χ4v) is 3.79. The molecule has 1 unspecified atom stereocenters. The molecule has 0 amide bonds. The smallest absolute Gasteiger partial charge is 0.191 e. The Balaban J connectivity index is 1.69. The molecule has 0 radical (unpaired) electrons. The third-order valence-electron chi connectivity index (χ3n) is 3.78. The van der Waals surface area contributed by atoms with Crippen molar-refractivity contribution in [1.82, 2.24) is 14.8 Å². The molecular weight excluding hydrogens is 432 g/mol. The molecule has 0 aliphatic heterocycles. The molecule has 2 aromatic carbocycles. The summed E-state index contributed by atoms with van der Waals surface area (Å²) >= 11 is 19.5. The van der Waals surface area contributed by atoms with E-state index in [1.54, 1.807) is 6.07 Å². The van der Waals surface area contributed by atoms with E-state index in [-0.39, 0.29) is 5.02 Å². The predicted octanol–water partition coefficient (Wildman–Crippen LogP) is 6.35. The van der Waals surface area contributed by atoms with Gasteiger partial charge in [-0.2, -0.15) is 0 Å². The molecule has 9 heteroatoms. The summed E-state index contributed by atoms with van der Waals surface area (Å²) in [6.07, 6.45) is -0.412. The monoisotopic (exact) mass is 445 g/mol. The van der Waals surface area contributed by atoms with Crippen molar-refractivity contribution in [3.63, 3.8) is 0 Å². The summed E-state index contributed by atoms with van der Waals surface area (Å²) in [5.74, 6) is 1.27. The average Bonchev–Trinajstić information content (AvgIpc) is 2.99. The Morgan fingerprint density at radius 2 is 1.85 bits per heavy atom. The second-order valence-corrected chi connectivity index (χ2v) is 7.94. The van der Waals surface area contributed by atoms with E-state index >= 15 is 0 Å². The van der Waals surface area contributed by atoms with Crippen LogP contribution in [0.2, 0.25) is 15.1 Å². The number of nitrogens with zero attached hydrogens (tertiary/aromatic N) is 3. The van der Waals surface area contributed by atoms with Crippen molar-refractivity contribution in [2.75, 3.05) is 0 Å². The summed E-state index contributed by atoms with van der Waals surface area (Å²) in [6, 6.07) is 9.51. The lowest BCUT2D eigenvalue weighted by molar-refractivity contribution is 0.211. The predicted molar refractivity (Wildman–Crippen MR) is 107 cm³/mol. The Bertz CT molecular complexity index is 967. The molecule has 0 saturated heterocycles. The SMILES string of the molecule is CC(Oc1ccc(F)cc1Cl)c1nnc(SCc2ccc(Cl)c(Cl)c2)n1C. The highest BCUT2D eigenvalue weighted by atomic mass is 35.5. The Hall–Kier alpha value is -1.47. The van der Waals surface area contributed by atoms with Gasteiger partial charge in [0.15, 0.2) is 17.1 Å². The van der Waals surface area contributed by atoms with E-state index in [1.165, 1.54) is 30.0 Å². The van der Waals surface area contributed by atoms with Gasteiger partial charge in [-0.15, -0.1) is 10.2 Å². The van der Waals surface area contributed by atoms with Crippen LogP contribution in [0, 0.1) is 5.82 Å². The molecule has 0 spiro atoms. The summed E-state index contributed by atoms with van der Waals surface area (Å²) in [4.78, 5) is 0.